The first-order valence-electron chi connectivity index (χ1n) is 10.5. The largest absolute Gasteiger partial charge is 0.489 e. The van der Waals surface area contributed by atoms with Gasteiger partial charge in [-0.3, -0.25) is 9.89 Å². The number of aromatic nitrogens is 6. The molecule has 1 aliphatic rings. The monoisotopic (exact) mass is 422 g/mol. The smallest absolute Gasteiger partial charge is 0.276 e. The number of rotatable bonds is 7. The maximum atomic E-state index is 14.0. The molecule has 1 unspecified atom stereocenters. The van der Waals surface area contributed by atoms with Gasteiger partial charge in [0.2, 0.25) is 0 Å². The summed E-state index contributed by atoms with van der Waals surface area (Å²) >= 11 is 0. The van der Waals surface area contributed by atoms with Gasteiger partial charge in [-0.05, 0) is 36.6 Å². The van der Waals surface area contributed by atoms with Crippen molar-refractivity contribution in [2.75, 3.05) is 0 Å². The molecule has 4 aromatic rings. The van der Waals surface area contributed by atoms with Crippen LogP contribution in [0.4, 0.5) is 4.39 Å². The van der Waals surface area contributed by atoms with E-state index in [1.807, 2.05) is 0 Å². The first kappa shape index (κ1) is 19.5. The number of hydrogen-bond donors (Lipinski definition) is 3. The van der Waals surface area contributed by atoms with Crippen molar-refractivity contribution in [3.63, 3.8) is 0 Å². The summed E-state index contributed by atoms with van der Waals surface area (Å²) in [5, 5.41) is 6.85. The van der Waals surface area contributed by atoms with Crippen LogP contribution in [0, 0.1) is 11.7 Å². The fraction of sp³-hybridized carbons (Fsp3) is 0.364. The molecule has 0 aliphatic heterocycles. The van der Waals surface area contributed by atoms with Crippen molar-refractivity contribution < 1.29 is 9.13 Å². The summed E-state index contributed by atoms with van der Waals surface area (Å²) in [4.78, 5) is 26.2. The lowest BCUT2D eigenvalue weighted by molar-refractivity contribution is 0.166. The van der Waals surface area contributed by atoms with Gasteiger partial charge < -0.3 is 14.7 Å². The molecule has 1 fully saturated rings. The van der Waals surface area contributed by atoms with Crippen molar-refractivity contribution in [1.29, 1.82) is 0 Å². The van der Waals surface area contributed by atoms with E-state index in [4.69, 9.17) is 4.74 Å². The average Bonchev–Trinajstić information content (AvgIpc) is 3.51. The van der Waals surface area contributed by atoms with Crippen LogP contribution in [0.2, 0.25) is 0 Å². The highest BCUT2D eigenvalue weighted by Gasteiger charge is 2.24. The number of hydrogen-bond acceptors (Lipinski definition) is 5. The number of fused-ring (bicyclic) bond motifs is 1. The third-order valence-corrected chi connectivity index (χ3v) is 5.86. The molecule has 1 aromatic carbocycles. The fourth-order valence-electron chi connectivity index (χ4n) is 4.39. The zero-order valence-electron chi connectivity index (χ0n) is 16.9. The van der Waals surface area contributed by atoms with E-state index in [-0.39, 0.29) is 17.5 Å². The Hall–Kier alpha value is -3.49. The van der Waals surface area contributed by atoms with Gasteiger partial charge in [0.05, 0.1) is 12.0 Å². The highest BCUT2D eigenvalue weighted by atomic mass is 19.1. The van der Waals surface area contributed by atoms with Crippen LogP contribution in [0.1, 0.15) is 37.9 Å². The Kier molecular flexibility index (Phi) is 5.23. The molecule has 1 atom stereocenters. The average molecular weight is 422 g/mol. The lowest BCUT2D eigenvalue weighted by Gasteiger charge is -2.23. The molecule has 0 amide bonds. The molecule has 3 aromatic heterocycles. The summed E-state index contributed by atoms with van der Waals surface area (Å²) < 4.78 is 20.4. The molecule has 3 N–H and O–H groups in total. The van der Waals surface area contributed by atoms with Gasteiger partial charge in [0.25, 0.3) is 5.56 Å². The number of ether oxygens (including phenoxy) is 1. The SMILES string of the molecule is O=c1[nH]cnc2nc(CC(CC3CCCC3)Oc3ccc(F)cc3-c3ccn[nH]3)[nH]c12. The van der Waals surface area contributed by atoms with Crippen molar-refractivity contribution in [2.45, 2.75) is 44.6 Å². The Morgan fingerprint density at radius 2 is 2.10 bits per heavy atom. The van der Waals surface area contributed by atoms with Gasteiger partial charge in [-0.25, -0.2) is 14.4 Å². The minimum absolute atomic E-state index is 0.185. The number of nitrogens with zero attached hydrogens (tertiary/aromatic N) is 3. The van der Waals surface area contributed by atoms with Crippen molar-refractivity contribution >= 4 is 11.2 Å². The number of nitrogens with one attached hydrogen (secondary N) is 3. The molecule has 3 heterocycles. The predicted octanol–water partition coefficient (Wildman–Crippen LogP) is 3.75. The molecule has 9 heteroatoms. The summed E-state index contributed by atoms with van der Waals surface area (Å²) in [7, 11) is 0. The second-order valence-corrected chi connectivity index (χ2v) is 8.05. The molecule has 1 aliphatic carbocycles. The van der Waals surface area contributed by atoms with Gasteiger partial charge in [-0.2, -0.15) is 5.10 Å². The molecule has 5 rings (SSSR count). The van der Waals surface area contributed by atoms with Crippen LogP contribution in [0.3, 0.4) is 0 Å². The first-order valence-corrected chi connectivity index (χ1v) is 10.5. The van der Waals surface area contributed by atoms with E-state index < -0.39 is 0 Å². The highest BCUT2D eigenvalue weighted by molar-refractivity contribution is 5.68. The number of aromatic amines is 3. The number of halogens is 1. The van der Waals surface area contributed by atoms with Gasteiger partial charge in [-0.1, -0.05) is 25.7 Å². The third-order valence-electron chi connectivity index (χ3n) is 5.86. The van der Waals surface area contributed by atoms with Crippen LogP contribution in [0.5, 0.6) is 5.75 Å². The van der Waals surface area contributed by atoms with Crippen LogP contribution in [0.15, 0.2) is 41.6 Å². The van der Waals surface area contributed by atoms with E-state index in [0.29, 0.717) is 46.3 Å². The zero-order valence-corrected chi connectivity index (χ0v) is 16.9. The summed E-state index contributed by atoms with van der Waals surface area (Å²) in [6.45, 7) is 0. The maximum absolute atomic E-state index is 14.0. The Morgan fingerprint density at radius 1 is 1.23 bits per heavy atom. The van der Waals surface area contributed by atoms with E-state index >= 15 is 0 Å². The Labute approximate surface area is 177 Å². The molecule has 0 radical (unpaired) electrons. The van der Waals surface area contributed by atoms with Crippen molar-refractivity contribution in [3.8, 4) is 17.0 Å². The molecular weight excluding hydrogens is 399 g/mol. The zero-order chi connectivity index (χ0) is 21.2. The van der Waals surface area contributed by atoms with Crippen LogP contribution < -0.4 is 10.3 Å². The van der Waals surface area contributed by atoms with E-state index in [1.165, 1.54) is 44.1 Å². The van der Waals surface area contributed by atoms with Crippen LogP contribution in [0.25, 0.3) is 22.4 Å². The van der Waals surface area contributed by atoms with Crippen molar-refractivity contribution in [1.82, 2.24) is 30.1 Å². The Bertz CT molecular complexity index is 1230. The summed E-state index contributed by atoms with van der Waals surface area (Å²) in [6.07, 6.45) is 8.96. The van der Waals surface area contributed by atoms with Gasteiger partial charge in [0.1, 0.15) is 23.5 Å². The molecule has 160 valence electrons. The second-order valence-electron chi connectivity index (χ2n) is 8.05. The minimum Gasteiger partial charge on any atom is -0.489 e. The Morgan fingerprint density at radius 3 is 2.87 bits per heavy atom. The highest BCUT2D eigenvalue weighted by Crippen LogP contribution is 2.34. The summed E-state index contributed by atoms with van der Waals surface area (Å²) in [5.74, 6) is 1.46. The standard InChI is InChI=1S/C22H23FN6O2/c23-14-5-6-18(16(10-14)17-7-8-26-29-17)31-15(9-13-3-1-2-4-13)11-19-27-20-21(28-19)24-12-25-22(20)30/h5-8,10,12-13,15H,1-4,9,11H2,(H,26,29)(H2,24,25,27,28,30). The van der Waals surface area contributed by atoms with E-state index in [0.717, 1.165) is 6.42 Å². The number of H-pyrrole nitrogens is 3. The minimum atomic E-state index is -0.341. The predicted molar refractivity (Wildman–Crippen MR) is 113 cm³/mol. The molecule has 0 bridgehead atoms. The molecule has 0 saturated heterocycles. The molecule has 1 saturated carbocycles. The summed E-state index contributed by atoms with van der Waals surface area (Å²) in [6, 6.07) is 6.27. The van der Waals surface area contributed by atoms with E-state index in [9.17, 15) is 9.18 Å². The van der Waals surface area contributed by atoms with E-state index in [2.05, 4.69) is 30.1 Å². The van der Waals surface area contributed by atoms with E-state index in [1.54, 1.807) is 18.3 Å². The van der Waals surface area contributed by atoms with Gasteiger partial charge in [0.15, 0.2) is 11.2 Å². The quantitative estimate of drug-likeness (QED) is 0.420. The molecular formula is C22H23FN6O2. The fourth-order valence-corrected chi connectivity index (χ4v) is 4.39. The number of imidazole rings is 1. The first-order chi connectivity index (χ1) is 15.2. The van der Waals surface area contributed by atoms with Crippen LogP contribution in [-0.2, 0) is 6.42 Å². The summed E-state index contributed by atoms with van der Waals surface area (Å²) in [5.41, 5.74) is 1.80. The normalized spacial score (nSPS) is 15.5. The molecule has 31 heavy (non-hydrogen) atoms. The Balaban J connectivity index is 1.45. The lowest BCUT2D eigenvalue weighted by Crippen LogP contribution is -2.23. The van der Waals surface area contributed by atoms with Crippen LogP contribution >= 0.6 is 0 Å². The van der Waals surface area contributed by atoms with Gasteiger partial charge in [-0.15, -0.1) is 0 Å². The maximum Gasteiger partial charge on any atom is 0.276 e. The van der Waals surface area contributed by atoms with Crippen molar-refractivity contribution in [2.24, 2.45) is 5.92 Å². The molecule has 8 nitrogen and oxygen atoms in total. The van der Waals surface area contributed by atoms with Gasteiger partial charge >= 0.3 is 0 Å². The topological polar surface area (TPSA) is 112 Å². The molecule has 0 spiro atoms. The second kappa shape index (κ2) is 8.33. The third kappa shape index (κ3) is 4.21. The van der Waals surface area contributed by atoms with Crippen molar-refractivity contribution in [3.05, 3.63) is 58.8 Å². The van der Waals surface area contributed by atoms with Gasteiger partial charge in [0, 0.05) is 18.2 Å². The van der Waals surface area contributed by atoms with Crippen LogP contribution in [-0.4, -0.2) is 36.2 Å². The number of benzene rings is 1. The lowest BCUT2D eigenvalue weighted by atomic mass is 9.98.